The van der Waals surface area contributed by atoms with E-state index in [0.717, 1.165) is 42.7 Å². The molecule has 2 N–H and O–H groups in total. The summed E-state index contributed by atoms with van der Waals surface area (Å²) in [5.41, 5.74) is 2.11. The van der Waals surface area contributed by atoms with E-state index in [2.05, 4.69) is 35.3 Å². The molecule has 2 heterocycles. The van der Waals surface area contributed by atoms with E-state index in [-0.39, 0.29) is 6.10 Å². The van der Waals surface area contributed by atoms with E-state index in [1.807, 2.05) is 10.7 Å². The van der Waals surface area contributed by atoms with Gasteiger partial charge in [-0.25, -0.2) is 9.50 Å². The third-order valence-corrected chi connectivity index (χ3v) is 4.04. The molecule has 0 bridgehead atoms. The molecule has 108 valence electrons. The van der Waals surface area contributed by atoms with Gasteiger partial charge in [0.1, 0.15) is 5.52 Å². The van der Waals surface area contributed by atoms with Crippen LogP contribution in [0.15, 0.2) is 18.5 Å². The highest BCUT2D eigenvalue weighted by Gasteiger charge is 2.20. The molecular weight excluding hydrogens is 252 g/mol. The molecule has 3 rings (SSSR count). The summed E-state index contributed by atoms with van der Waals surface area (Å²) in [6.07, 6.45) is 7.28. The molecule has 0 aliphatic heterocycles. The summed E-state index contributed by atoms with van der Waals surface area (Å²) in [5.74, 6) is 1.31. The summed E-state index contributed by atoms with van der Waals surface area (Å²) >= 11 is 0. The maximum absolute atomic E-state index is 9.57. The number of fused-ring (bicyclic) bond motifs is 1. The second-order valence-corrected chi connectivity index (χ2v) is 5.98. The van der Waals surface area contributed by atoms with Crippen LogP contribution in [0.25, 0.3) is 5.52 Å². The zero-order valence-electron chi connectivity index (χ0n) is 12.1. The van der Waals surface area contributed by atoms with Gasteiger partial charge in [-0.15, -0.1) is 0 Å². The third-order valence-electron chi connectivity index (χ3n) is 4.04. The lowest BCUT2D eigenvalue weighted by atomic mass is 9.93. The number of aliphatic hydroxyl groups is 1. The molecule has 0 unspecified atom stereocenters. The van der Waals surface area contributed by atoms with Gasteiger partial charge in [0.2, 0.25) is 0 Å². The first-order chi connectivity index (χ1) is 9.63. The summed E-state index contributed by atoms with van der Waals surface area (Å²) in [6.45, 7) is 4.29. The molecule has 0 saturated heterocycles. The van der Waals surface area contributed by atoms with Crippen LogP contribution in [-0.4, -0.2) is 31.9 Å². The first-order valence-electron chi connectivity index (χ1n) is 7.42. The van der Waals surface area contributed by atoms with Crippen molar-refractivity contribution < 1.29 is 5.11 Å². The van der Waals surface area contributed by atoms with Crippen LogP contribution in [0.1, 0.15) is 51.1 Å². The molecule has 1 fully saturated rings. The minimum atomic E-state index is -0.126. The monoisotopic (exact) mass is 274 g/mol. The second kappa shape index (κ2) is 5.40. The number of rotatable bonds is 3. The Morgan fingerprint density at radius 2 is 2.05 bits per heavy atom. The van der Waals surface area contributed by atoms with E-state index in [1.54, 1.807) is 6.20 Å². The number of nitrogens with one attached hydrogen (secondary N) is 1. The smallest absolute Gasteiger partial charge is 0.152 e. The Bertz CT molecular complexity index is 585. The van der Waals surface area contributed by atoms with Crippen molar-refractivity contribution in [3.8, 4) is 0 Å². The average Bonchev–Trinajstić information content (AvgIpc) is 2.87. The van der Waals surface area contributed by atoms with Crippen LogP contribution in [0.4, 0.5) is 5.82 Å². The summed E-state index contributed by atoms with van der Waals surface area (Å²) in [7, 11) is 0. The minimum absolute atomic E-state index is 0.126. The molecular formula is C15H22N4O. The lowest BCUT2D eigenvalue weighted by molar-refractivity contribution is 0.126. The van der Waals surface area contributed by atoms with Gasteiger partial charge in [0.25, 0.3) is 0 Å². The highest BCUT2D eigenvalue weighted by atomic mass is 16.3. The van der Waals surface area contributed by atoms with Crippen molar-refractivity contribution in [2.45, 2.75) is 57.6 Å². The van der Waals surface area contributed by atoms with Gasteiger partial charge >= 0.3 is 0 Å². The lowest BCUT2D eigenvalue weighted by Gasteiger charge is -2.26. The summed E-state index contributed by atoms with van der Waals surface area (Å²) < 4.78 is 1.89. The van der Waals surface area contributed by atoms with Gasteiger partial charge in [-0.1, -0.05) is 13.8 Å². The Morgan fingerprint density at radius 1 is 1.30 bits per heavy atom. The van der Waals surface area contributed by atoms with Crippen LogP contribution in [0.5, 0.6) is 0 Å². The second-order valence-electron chi connectivity index (χ2n) is 5.98. The fourth-order valence-corrected chi connectivity index (χ4v) is 2.75. The molecule has 1 saturated carbocycles. The van der Waals surface area contributed by atoms with Gasteiger partial charge in [-0.05, 0) is 37.7 Å². The van der Waals surface area contributed by atoms with Gasteiger partial charge in [-0.3, -0.25) is 0 Å². The van der Waals surface area contributed by atoms with Gasteiger partial charge in [0, 0.05) is 18.4 Å². The molecule has 0 radical (unpaired) electrons. The zero-order valence-corrected chi connectivity index (χ0v) is 12.1. The standard InChI is InChI=1S/C15H22N4O/c1-10(2)13-9-14-15(16-7-8-19(14)18-13)17-11-3-5-12(20)6-4-11/h7-12,20H,3-6H2,1-2H3,(H,16,17). The number of nitrogens with zero attached hydrogens (tertiary/aromatic N) is 3. The van der Waals surface area contributed by atoms with Crippen molar-refractivity contribution in [3.05, 3.63) is 24.2 Å². The molecule has 0 amide bonds. The van der Waals surface area contributed by atoms with E-state index < -0.39 is 0 Å². The molecule has 0 aromatic carbocycles. The fraction of sp³-hybridized carbons (Fsp3) is 0.600. The van der Waals surface area contributed by atoms with Crippen LogP contribution < -0.4 is 5.32 Å². The van der Waals surface area contributed by atoms with Crippen molar-refractivity contribution in [1.29, 1.82) is 0 Å². The number of aliphatic hydroxyl groups excluding tert-OH is 1. The van der Waals surface area contributed by atoms with Crippen molar-refractivity contribution in [1.82, 2.24) is 14.6 Å². The molecule has 20 heavy (non-hydrogen) atoms. The molecule has 0 atom stereocenters. The van der Waals surface area contributed by atoms with Crippen LogP contribution in [0, 0.1) is 0 Å². The largest absolute Gasteiger partial charge is 0.393 e. The van der Waals surface area contributed by atoms with Gasteiger partial charge < -0.3 is 10.4 Å². The van der Waals surface area contributed by atoms with E-state index in [1.165, 1.54) is 0 Å². The highest BCUT2D eigenvalue weighted by Crippen LogP contribution is 2.24. The maximum atomic E-state index is 9.57. The van der Waals surface area contributed by atoms with Crippen molar-refractivity contribution in [2.75, 3.05) is 5.32 Å². The van der Waals surface area contributed by atoms with Crippen molar-refractivity contribution >= 4 is 11.3 Å². The number of anilines is 1. The van der Waals surface area contributed by atoms with Crippen LogP contribution in [-0.2, 0) is 0 Å². The van der Waals surface area contributed by atoms with E-state index in [0.29, 0.717) is 12.0 Å². The van der Waals surface area contributed by atoms with E-state index in [4.69, 9.17) is 0 Å². The Hall–Kier alpha value is -1.62. The molecule has 0 spiro atoms. The fourth-order valence-electron chi connectivity index (χ4n) is 2.75. The summed E-state index contributed by atoms with van der Waals surface area (Å²) in [6, 6.07) is 2.51. The normalized spacial score (nSPS) is 23.4. The Labute approximate surface area is 119 Å². The first-order valence-corrected chi connectivity index (χ1v) is 7.42. The van der Waals surface area contributed by atoms with Crippen molar-refractivity contribution in [2.24, 2.45) is 0 Å². The summed E-state index contributed by atoms with van der Waals surface area (Å²) in [5, 5.41) is 17.7. The molecule has 2 aromatic heterocycles. The molecule has 5 nitrogen and oxygen atoms in total. The SMILES string of the molecule is CC(C)c1cc2c(NC3CCC(O)CC3)nccn2n1. The lowest BCUT2D eigenvalue weighted by Crippen LogP contribution is -2.28. The summed E-state index contributed by atoms with van der Waals surface area (Å²) in [4.78, 5) is 4.46. The number of aromatic nitrogens is 3. The van der Waals surface area contributed by atoms with Crippen LogP contribution in [0.2, 0.25) is 0 Å². The predicted molar refractivity (Wildman–Crippen MR) is 79.0 cm³/mol. The van der Waals surface area contributed by atoms with Crippen molar-refractivity contribution in [3.63, 3.8) is 0 Å². The van der Waals surface area contributed by atoms with E-state index in [9.17, 15) is 5.11 Å². The minimum Gasteiger partial charge on any atom is -0.393 e. The Balaban J connectivity index is 1.84. The molecule has 5 heteroatoms. The Morgan fingerprint density at radius 3 is 2.75 bits per heavy atom. The molecule has 1 aliphatic rings. The molecule has 1 aliphatic carbocycles. The molecule has 2 aromatic rings. The first kappa shape index (κ1) is 13.4. The van der Waals surface area contributed by atoms with E-state index >= 15 is 0 Å². The van der Waals surface area contributed by atoms with Crippen LogP contribution >= 0.6 is 0 Å². The van der Waals surface area contributed by atoms with Gasteiger partial charge in [0.05, 0.1) is 11.8 Å². The Kier molecular flexibility index (Phi) is 3.61. The topological polar surface area (TPSA) is 62.5 Å². The van der Waals surface area contributed by atoms with Gasteiger partial charge in [0.15, 0.2) is 5.82 Å². The third kappa shape index (κ3) is 2.63. The highest BCUT2D eigenvalue weighted by molar-refractivity contribution is 5.68. The van der Waals surface area contributed by atoms with Crippen LogP contribution in [0.3, 0.4) is 0 Å². The maximum Gasteiger partial charge on any atom is 0.152 e. The predicted octanol–water partition coefficient (Wildman–Crippen LogP) is 2.57. The zero-order chi connectivity index (χ0) is 14.1. The average molecular weight is 274 g/mol. The number of hydrogen-bond donors (Lipinski definition) is 2. The van der Waals surface area contributed by atoms with Gasteiger partial charge in [-0.2, -0.15) is 5.10 Å². The quantitative estimate of drug-likeness (QED) is 0.903. The number of hydrogen-bond acceptors (Lipinski definition) is 4.